The monoisotopic (exact) mass is 380 g/mol. The zero-order chi connectivity index (χ0) is 19.5. The SMILES string of the molecule is Cc1cnn(CCN2CCN(c3ccc4ncnc(OC(C)C)c4c3)CC2)c1. The molecule has 0 bridgehead atoms. The van der Waals surface area contributed by atoms with Crippen LogP contribution in [0.15, 0.2) is 36.9 Å². The van der Waals surface area contributed by atoms with E-state index in [1.165, 1.54) is 11.3 Å². The third kappa shape index (κ3) is 4.25. The van der Waals surface area contributed by atoms with E-state index in [2.05, 4.69) is 56.2 Å². The van der Waals surface area contributed by atoms with Crippen molar-refractivity contribution in [2.24, 2.45) is 0 Å². The van der Waals surface area contributed by atoms with E-state index < -0.39 is 0 Å². The lowest BCUT2D eigenvalue weighted by Crippen LogP contribution is -2.47. The smallest absolute Gasteiger partial charge is 0.224 e. The van der Waals surface area contributed by atoms with Gasteiger partial charge in [0.25, 0.3) is 0 Å². The van der Waals surface area contributed by atoms with Crippen LogP contribution in [0.1, 0.15) is 19.4 Å². The number of nitrogens with zero attached hydrogens (tertiary/aromatic N) is 6. The highest BCUT2D eigenvalue weighted by Crippen LogP contribution is 2.27. The number of hydrogen-bond donors (Lipinski definition) is 0. The van der Waals surface area contributed by atoms with E-state index in [1.807, 2.05) is 24.7 Å². The van der Waals surface area contributed by atoms with Crippen molar-refractivity contribution in [2.75, 3.05) is 37.6 Å². The Morgan fingerprint density at radius 1 is 1.07 bits per heavy atom. The Kier molecular flexibility index (Phi) is 5.43. The van der Waals surface area contributed by atoms with Crippen molar-refractivity contribution < 1.29 is 4.74 Å². The topological polar surface area (TPSA) is 59.3 Å². The molecule has 3 heterocycles. The van der Waals surface area contributed by atoms with Gasteiger partial charge in [0.15, 0.2) is 0 Å². The summed E-state index contributed by atoms with van der Waals surface area (Å²) in [4.78, 5) is 13.6. The second-order valence-electron chi connectivity index (χ2n) is 7.66. The molecule has 3 aromatic rings. The molecule has 0 radical (unpaired) electrons. The van der Waals surface area contributed by atoms with Crippen molar-refractivity contribution in [1.29, 1.82) is 0 Å². The predicted molar refractivity (Wildman–Crippen MR) is 111 cm³/mol. The third-order valence-corrected chi connectivity index (χ3v) is 5.07. The Morgan fingerprint density at radius 2 is 1.89 bits per heavy atom. The minimum absolute atomic E-state index is 0.0869. The number of hydrogen-bond acceptors (Lipinski definition) is 6. The molecule has 0 spiro atoms. The lowest BCUT2D eigenvalue weighted by Gasteiger charge is -2.36. The molecule has 1 aliphatic heterocycles. The van der Waals surface area contributed by atoms with E-state index in [4.69, 9.17) is 4.74 Å². The summed E-state index contributed by atoms with van der Waals surface area (Å²) in [6.07, 6.45) is 5.67. The van der Waals surface area contributed by atoms with Crippen LogP contribution in [0.3, 0.4) is 0 Å². The third-order valence-electron chi connectivity index (χ3n) is 5.07. The second kappa shape index (κ2) is 8.14. The number of rotatable bonds is 6. The first kappa shape index (κ1) is 18.7. The number of ether oxygens (including phenoxy) is 1. The van der Waals surface area contributed by atoms with Crippen LogP contribution in [-0.2, 0) is 6.54 Å². The van der Waals surface area contributed by atoms with Gasteiger partial charge in [0, 0.05) is 44.6 Å². The highest BCUT2D eigenvalue weighted by molar-refractivity contribution is 5.86. The minimum Gasteiger partial charge on any atom is -0.474 e. The molecule has 28 heavy (non-hydrogen) atoms. The van der Waals surface area contributed by atoms with Crippen LogP contribution in [0.25, 0.3) is 10.9 Å². The molecule has 0 amide bonds. The van der Waals surface area contributed by atoms with Crippen molar-refractivity contribution in [3.05, 3.63) is 42.5 Å². The molecule has 148 valence electrons. The van der Waals surface area contributed by atoms with E-state index >= 15 is 0 Å². The molecule has 4 rings (SSSR count). The molecule has 0 atom stereocenters. The van der Waals surface area contributed by atoms with E-state index in [1.54, 1.807) is 6.33 Å². The van der Waals surface area contributed by atoms with Crippen molar-refractivity contribution in [2.45, 2.75) is 33.4 Å². The number of benzene rings is 1. The van der Waals surface area contributed by atoms with Crippen LogP contribution >= 0.6 is 0 Å². The van der Waals surface area contributed by atoms with Crippen LogP contribution < -0.4 is 9.64 Å². The van der Waals surface area contributed by atoms with E-state index in [0.29, 0.717) is 5.88 Å². The molecule has 1 aromatic carbocycles. The maximum Gasteiger partial charge on any atom is 0.224 e. The molecule has 1 fully saturated rings. The summed E-state index contributed by atoms with van der Waals surface area (Å²) in [5.74, 6) is 0.662. The van der Waals surface area contributed by atoms with Gasteiger partial charge in [-0.1, -0.05) is 0 Å². The molecule has 2 aromatic heterocycles. The van der Waals surface area contributed by atoms with Gasteiger partial charge in [-0.3, -0.25) is 9.58 Å². The molecular formula is C21H28N6O. The fourth-order valence-electron chi connectivity index (χ4n) is 3.60. The highest BCUT2D eigenvalue weighted by Gasteiger charge is 2.18. The molecule has 7 nitrogen and oxygen atoms in total. The molecule has 7 heteroatoms. The molecule has 0 unspecified atom stereocenters. The number of aryl methyl sites for hydroxylation is 1. The average molecular weight is 380 g/mol. The summed E-state index contributed by atoms with van der Waals surface area (Å²) in [5.41, 5.74) is 3.34. The summed E-state index contributed by atoms with van der Waals surface area (Å²) in [6, 6.07) is 6.37. The Labute approximate surface area is 165 Å². The Bertz CT molecular complexity index is 930. The van der Waals surface area contributed by atoms with Gasteiger partial charge in [-0.15, -0.1) is 0 Å². The minimum atomic E-state index is 0.0869. The summed E-state index contributed by atoms with van der Waals surface area (Å²) in [5, 5.41) is 5.35. The van der Waals surface area contributed by atoms with E-state index in [-0.39, 0.29) is 6.10 Å². The van der Waals surface area contributed by atoms with Gasteiger partial charge < -0.3 is 9.64 Å². The van der Waals surface area contributed by atoms with Gasteiger partial charge in [0.05, 0.1) is 29.7 Å². The Balaban J connectivity index is 1.40. The van der Waals surface area contributed by atoms with E-state index in [9.17, 15) is 0 Å². The van der Waals surface area contributed by atoms with E-state index in [0.717, 1.165) is 50.2 Å². The second-order valence-corrected chi connectivity index (χ2v) is 7.66. The fourth-order valence-corrected chi connectivity index (χ4v) is 3.60. The lowest BCUT2D eigenvalue weighted by atomic mass is 10.2. The fraction of sp³-hybridized carbons (Fsp3) is 0.476. The average Bonchev–Trinajstić information content (AvgIpc) is 3.12. The predicted octanol–water partition coefficient (Wildman–Crippen LogP) is 2.74. The standard InChI is InChI=1S/C21H28N6O/c1-16(2)28-21-19-12-18(4-5-20(19)22-15-23-21)26-9-6-25(7-10-26)8-11-27-14-17(3)13-24-27/h4-5,12-16H,6-11H2,1-3H3. The quantitative estimate of drug-likeness (QED) is 0.655. The Morgan fingerprint density at radius 3 is 2.61 bits per heavy atom. The van der Waals surface area contributed by atoms with Gasteiger partial charge in [-0.2, -0.15) is 5.10 Å². The summed E-state index contributed by atoms with van der Waals surface area (Å²) < 4.78 is 7.91. The van der Waals surface area contributed by atoms with Gasteiger partial charge in [0.2, 0.25) is 5.88 Å². The van der Waals surface area contributed by atoms with Crippen LogP contribution in [-0.4, -0.2) is 63.5 Å². The van der Waals surface area contributed by atoms with Crippen molar-refractivity contribution in [1.82, 2.24) is 24.6 Å². The lowest BCUT2D eigenvalue weighted by molar-refractivity contribution is 0.235. The number of anilines is 1. The van der Waals surface area contributed by atoms with Gasteiger partial charge in [-0.05, 0) is 44.5 Å². The zero-order valence-corrected chi connectivity index (χ0v) is 16.9. The van der Waals surface area contributed by atoms with Gasteiger partial charge in [-0.25, -0.2) is 9.97 Å². The number of piperazine rings is 1. The molecule has 0 N–H and O–H groups in total. The zero-order valence-electron chi connectivity index (χ0n) is 16.9. The van der Waals surface area contributed by atoms with Gasteiger partial charge >= 0.3 is 0 Å². The van der Waals surface area contributed by atoms with Crippen LogP contribution in [0, 0.1) is 6.92 Å². The maximum absolute atomic E-state index is 5.88. The maximum atomic E-state index is 5.88. The first-order valence-corrected chi connectivity index (χ1v) is 9.96. The van der Waals surface area contributed by atoms with Crippen LogP contribution in [0.4, 0.5) is 5.69 Å². The van der Waals surface area contributed by atoms with Gasteiger partial charge in [0.1, 0.15) is 6.33 Å². The first-order valence-electron chi connectivity index (χ1n) is 9.96. The molecule has 0 saturated carbocycles. The molecule has 0 aliphatic carbocycles. The van der Waals surface area contributed by atoms with Crippen LogP contribution in [0.5, 0.6) is 5.88 Å². The van der Waals surface area contributed by atoms with Crippen molar-refractivity contribution >= 4 is 16.6 Å². The summed E-state index contributed by atoms with van der Waals surface area (Å²) in [6.45, 7) is 12.2. The molecule has 1 aliphatic rings. The summed E-state index contributed by atoms with van der Waals surface area (Å²) in [7, 11) is 0. The number of aromatic nitrogens is 4. The van der Waals surface area contributed by atoms with Crippen molar-refractivity contribution in [3.63, 3.8) is 0 Å². The van der Waals surface area contributed by atoms with Crippen LogP contribution in [0.2, 0.25) is 0 Å². The highest BCUT2D eigenvalue weighted by atomic mass is 16.5. The largest absolute Gasteiger partial charge is 0.474 e. The molecular weight excluding hydrogens is 352 g/mol. The summed E-state index contributed by atoms with van der Waals surface area (Å²) >= 11 is 0. The van der Waals surface area contributed by atoms with Crippen molar-refractivity contribution in [3.8, 4) is 5.88 Å². The Hall–Kier alpha value is -2.67. The number of fused-ring (bicyclic) bond motifs is 1. The normalized spacial score (nSPS) is 15.5. The molecule has 1 saturated heterocycles. The first-order chi connectivity index (χ1) is 13.6.